The van der Waals surface area contributed by atoms with E-state index in [0.717, 1.165) is 11.1 Å². The minimum absolute atomic E-state index is 0.245. The van der Waals surface area contributed by atoms with Crippen molar-refractivity contribution in [2.75, 3.05) is 5.32 Å². The number of rotatable bonds is 3. The number of anilines is 1. The van der Waals surface area contributed by atoms with Crippen molar-refractivity contribution in [3.63, 3.8) is 0 Å². The summed E-state index contributed by atoms with van der Waals surface area (Å²) in [5.74, 6) is -0.245. The van der Waals surface area contributed by atoms with E-state index < -0.39 is 0 Å². The Morgan fingerprint density at radius 1 is 0.957 bits per heavy atom. The lowest BCUT2D eigenvalue weighted by Crippen LogP contribution is -2.12. The Hall–Kier alpha value is -3.45. The van der Waals surface area contributed by atoms with Gasteiger partial charge in [-0.15, -0.1) is 0 Å². The number of nitrogens with zero attached hydrogens (tertiary/aromatic N) is 2. The fourth-order valence-corrected chi connectivity index (χ4v) is 2.23. The summed E-state index contributed by atoms with van der Waals surface area (Å²) in [7, 11) is 0. The van der Waals surface area contributed by atoms with E-state index in [2.05, 4.69) is 16.4 Å². The Morgan fingerprint density at radius 2 is 1.74 bits per heavy atom. The number of pyridine rings is 1. The highest BCUT2D eigenvalue weighted by Gasteiger charge is 2.09. The monoisotopic (exact) mass is 299 g/mol. The summed E-state index contributed by atoms with van der Waals surface area (Å²) >= 11 is 0. The smallest absolute Gasteiger partial charge is 0.255 e. The van der Waals surface area contributed by atoms with Crippen molar-refractivity contribution >= 4 is 11.6 Å². The highest BCUT2D eigenvalue weighted by atomic mass is 16.1. The molecule has 3 rings (SSSR count). The minimum atomic E-state index is -0.245. The van der Waals surface area contributed by atoms with E-state index in [4.69, 9.17) is 5.26 Å². The molecule has 1 N–H and O–H groups in total. The molecule has 4 nitrogen and oxygen atoms in total. The highest BCUT2D eigenvalue weighted by Crippen LogP contribution is 2.19. The Bertz CT molecular complexity index is 865. The maximum absolute atomic E-state index is 12.3. The van der Waals surface area contributed by atoms with Gasteiger partial charge in [-0.25, -0.2) is 0 Å². The Labute approximate surface area is 134 Å². The summed E-state index contributed by atoms with van der Waals surface area (Å²) in [6, 6.07) is 20.1. The van der Waals surface area contributed by atoms with Crippen LogP contribution < -0.4 is 5.32 Å². The lowest BCUT2D eigenvalue weighted by atomic mass is 10.1. The lowest BCUT2D eigenvalue weighted by Gasteiger charge is -2.07. The molecule has 0 saturated heterocycles. The molecule has 0 aliphatic rings. The predicted molar refractivity (Wildman–Crippen MR) is 88.8 cm³/mol. The summed E-state index contributed by atoms with van der Waals surface area (Å²) in [5, 5.41) is 11.8. The molecule has 2 aromatic carbocycles. The van der Waals surface area contributed by atoms with Crippen molar-refractivity contribution in [1.29, 1.82) is 5.26 Å². The number of nitrogens with one attached hydrogen (secondary N) is 1. The molecule has 110 valence electrons. The summed E-state index contributed by atoms with van der Waals surface area (Å²) in [5.41, 5.74) is 3.47. The number of carbonyl (C=O) groups excluding carboxylic acids is 1. The minimum Gasteiger partial charge on any atom is -0.321 e. The number of nitriles is 1. The van der Waals surface area contributed by atoms with Crippen LogP contribution in [0.3, 0.4) is 0 Å². The first-order valence-electron chi connectivity index (χ1n) is 7.09. The van der Waals surface area contributed by atoms with Crippen LogP contribution >= 0.6 is 0 Å². The van der Waals surface area contributed by atoms with E-state index in [1.165, 1.54) is 0 Å². The quantitative estimate of drug-likeness (QED) is 0.798. The zero-order chi connectivity index (χ0) is 16.1. The first-order valence-corrected chi connectivity index (χ1v) is 7.09. The average molecular weight is 299 g/mol. The molecule has 0 radical (unpaired) electrons. The SMILES string of the molecule is N#Cc1ccccc1NC(=O)c1ccc(-c2cccnc2)cc1. The Kier molecular flexibility index (Phi) is 4.12. The summed E-state index contributed by atoms with van der Waals surface area (Å²) in [4.78, 5) is 16.4. The third-order valence-electron chi connectivity index (χ3n) is 3.44. The number of carbonyl (C=O) groups is 1. The van der Waals surface area contributed by atoms with Crippen molar-refractivity contribution in [1.82, 2.24) is 4.98 Å². The largest absolute Gasteiger partial charge is 0.321 e. The third-order valence-corrected chi connectivity index (χ3v) is 3.44. The molecule has 4 heteroatoms. The summed E-state index contributed by atoms with van der Waals surface area (Å²) < 4.78 is 0. The van der Waals surface area contributed by atoms with E-state index >= 15 is 0 Å². The predicted octanol–water partition coefficient (Wildman–Crippen LogP) is 3.87. The van der Waals surface area contributed by atoms with Crippen LogP contribution in [0.25, 0.3) is 11.1 Å². The van der Waals surface area contributed by atoms with Gasteiger partial charge in [0.25, 0.3) is 5.91 Å². The van der Waals surface area contributed by atoms with Crippen molar-refractivity contribution < 1.29 is 4.79 Å². The fraction of sp³-hybridized carbons (Fsp3) is 0. The van der Waals surface area contributed by atoms with Crippen LogP contribution in [0.5, 0.6) is 0 Å². The molecule has 0 unspecified atom stereocenters. The molecule has 1 amide bonds. The molecule has 0 bridgehead atoms. The zero-order valence-electron chi connectivity index (χ0n) is 12.2. The molecule has 23 heavy (non-hydrogen) atoms. The first kappa shape index (κ1) is 14.5. The number of hydrogen-bond acceptors (Lipinski definition) is 3. The van der Waals surface area contributed by atoms with Gasteiger partial charge < -0.3 is 5.32 Å². The molecule has 0 saturated carbocycles. The van der Waals surface area contributed by atoms with Crippen LogP contribution in [0.2, 0.25) is 0 Å². The van der Waals surface area contributed by atoms with Crippen LogP contribution in [-0.4, -0.2) is 10.9 Å². The van der Waals surface area contributed by atoms with E-state index in [9.17, 15) is 4.79 Å². The third kappa shape index (κ3) is 3.25. The van der Waals surface area contributed by atoms with Gasteiger partial charge in [0.05, 0.1) is 11.3 Å². The molecule has 0 aliphatic carbocycles. The van der Waals surface area contributed by atoms with Gasteiger partial charge in [0.1, 0.15) is 6.07 Å². The van der Waals surface area contributed by atoms with Crippen LogP contribution in [-0.2, 0) is 0 Å². The molecule has 0 atom stereocenters. The van der Waals surface area contributed by atoms with E-state index in [1.54, 1.807) is 48.8 Å². The molecule has 0 aliphatic heterocycles. The van der Waals surface area contributed by atoms with Crippen LogP contribution in [0.15, 0.2) is 73.1 Å². The van der Waals surface area contributed by atoms with Gasteiger partial charge in [-0.05, 0) is 41.5 Å². The molecule has 3 aromatic rings. The van der Waals surface area contributed by atoms with Gasteiger partial charge in [-0.2, -0.15) is 5.26 Å². The Balaban J connectivity index is 1.80. The van der Waals surface area contributed by atoms with Gasteiger partial charge in [0, 0.05) is 18.0 Å². The van der Waals surface area contributed by atoms with Crippen LogP contribution in [0.1, 0.15) is 15.9 Å². The van der Waals surface area contributed by atoms with E-state index in [-0.39, 0.29) is 5.91 Å². The summed E-state index contributed by atoms with van der Waals surface area (Å²) in [6.45, 7) is 0. The lowest BCUT2D eigenvalue weighted by molar-refractivity contribution is 0.102. The van der Waals surface area contributed by atoms with Gasteiger partial charge in [0.15, 0.2) is 0 Å². The van der Waals surface area contributed by atoms with E-state index in [0.29, 0.717) is 16.8 Å². The molecular weight excluding hydrogens is 286 g/mol. The molecule has 0 spiro atoms. The second kappa shape index (κ2) is 6.54. The summed E-state index contributed by atoms with van der Waals surface area (Å²) in [6.07, 6.45) is 3.50. The first-order chi connectivity index (χ1) is 11.3. The topological polar surface area (TPSA) is 65.8 Å². The maximum atomic E-state index is 12.3. The number of aromatic nitrogens is 1. The number of benzene rings is 2. The standard InChI is InChI=1S/C19H13N3O/c20-12-16-4-1-2-6-18(16)22-19(23)15-9-7-14(8-10-15)17-5-3-11-21-13-17/h1-11,13H,(H,22,23). The maximum Gasteiger partial charge on any atom is 0.255 e. The molecular formula is C19H13N3O. The number of amides is 1. The van der Waals surface area contributed by atoms with Crippen molar-refractivity contribution in [2.24, 2.45) is 0 Å². The molecule has 1 heterocycles. The van der Waals surface area contributed by atoms with Gasteiger partial charge >= 0.3 is 0 Å². The molecule has 1 aromatic heterocycles. The van der Waals surface area contributed by atoms with Crippen molar-refractivity contribution in [2.45, 2.75) is 0 Å². The molecule has 0 fully saturated rings. The van der Waals surface area contributed by atoms with Crippen LogP contribution in [0.4, 0.5) is 5.69 Å². The number of hydrogen-bond donors (Lipinski definition) is 1. The van der Waals surface area contributed by atoms with Crippen LogP contribution in [0, 0.1) is 11.3 Å². The van der Waals surface area contributed by atoms with Crippen molar-refractivity contribution in [3.8, 4) is 17.2 Å². The fourth-order valence-electron chi connectivity index (χ4n) is 2.23. The van der Waals surface area contributed by atoms with E-state index in [1.807, 2.05) is 24.3 Å². The normalized spacial score (nSPS) is 9.87. The Morgan fingerprint density at radius 3 is 2.43 bits per heavy atom. The average Bonchev–Trinajstić information content (AvgIpc) is 2.63. The van der Waals surface area contributed by atoms with Crippen molar-refractivity contribution in [3.05, 3.63) is 84.2 Å². The van der Waals surface area contributed by atoms with Gasteiger partial charge in [0.2, 0.25) is 0 Å². The van der Waals surface area contributed by atoms with Gasteiger partial charge in [-0.1, -0.05) is 30.3 Å². The highest BCUT2D eigenvalue weighted by molar-refractivity contribution is 6.05. The number of para-hydroxylation sites is 1. The zero-order valence-corrected chi connectivity index (χ0v) is 12.2. The second-order valence-electron chi connectivity index (χ2n) is 4.93. The van der Waals surface area contributed by atoms with Gasteiger partial charge in [-0.3, -0.25) is 9.78 Å². The second-order valence-corrected chi connectivity index (χ2v) is 4.93.